The van der Waals surface area contributed by atoms with Crippen LogP contribution in [0.1, 0.15) is 11.1 Å². The molecule has 0 unspecified atom stereocenters. The van der Waals surface area contributed by atoms with Crippen molar-refractivity contribution in [2.45, 2.75) is 6.92 Å². The Bertz CT molecular complexity index is 907. The van der Waals surface area contributed by atoms with Crippen molar-refractivity contribution in [2.75, 3.05) is 0 Å². The molecule has 0 aliphatic heterocycles. The first kappa shape index (κ1) is 14.6. The molecule has 0 spiro atoms. The highest BCUT2D eigenvalue weighted by Crippen LogP contribution is 2.34. The highest BCUT2D eigenvalue weighted by molar-refractivity contribution is 6.36. The third kappa shape index (κ3) is 2.35. The molecule has 0 radical (unpaired) electrons. The summed E-state index contributed by atoms with van der Waals surface area (Å²) in [6, 6.07) is 5.55. The molecule has 0 saturated carbocycles. The summed E-state index contributed by atoms with van der Waals surface area (Å²) in [5, 5.41) is 0.326. The molecule has 0 saturated heterocycles. The molecule has 3 rings (SSSR count). The second-order valence-electron chi connectivity index (χ2n) is 4.86. The van der Waals surface area contributed by atoms with Crippen LogP contribution in [0, 0.1) is 18.6 Å². The Morgan fingerprint density at radius 2 is 2.00 bits per heavy atom. The lowest BCUT2D eigenvalue weighted by molar-refractivity contribution is 0.591. The van der Waals surface area contributed by atoms with Crippen LogP contribution >= 0.6 is 11.6 Å². The number of pyridine rings is 2. The van der Waals surface area contributed by atoms with Gasteiger partial charge in [0.2, 0.25) is 0 Å². The first-order valence-electron chi connectivity index (χ1n) is 6.55. The third-order valence-corrected chi connectivity index (χ3v) is 3.91. The minimum absolute atomic E-state index is 0.115. The summed E-state index contributed by atoms with van der Waals surface area (Å²) in [5.41, 5.74) is 2.68. The standard InChI is InChI=1S/C17H11ClF2N2/c1-3-10-4-5-21-14(6-10)17-9(2)16(18)15-12(20)7-11(19)8-13(15)22-17/h3-8H,1H2,2H3. The van der Waals surface area contributed by atoms with Gasteiger partial charge in [0, 0.05) is 18.3 Å². The van der Waals surface area contributed by atoms with Crippen molar-refractivity contribution in [3.8, 4) is 11.4 Å². The molecule has 0 amide bonds. The van der Waals surface area contributed by atoms with E-state index in [1.54, 1.807) is 31.3 Å². The van der Waals surface area contributed by atoms with E-state index in [0.717, 1.165) is 17.7 Å². The summed E-state index contributed by atoms with van der Waals surface area (Å²) < 4.78 is 27.4. The normalized spacial score (nSPS) is 10.9. The lowest BCUT2D eigenvalue weighted by atomic mass is 10.1. The van der Waals surface area contributed by atoms with Crippen molar-refractivity contribution < 1.29 is 8.78 Å². The fourth-order valence-electron chi connectivity index (χ4n) is 2.31. The van der Waals surface area contributed by atoms with Crippen molar-refractivity contribution in [1.82, 2.24) is 9.97 Å². The predicted octanol–water partition coefficient (Wildman–Crippen LogP) is 5.18. The lowest BCUT2D eigenvalue weighted by Gasteiger charge is -2.11. The average Bonchev–Trinajstić information content (AvgIpc) is 2.50. The Hall–Kier alpha value is -2.33. The number of nitrogens with zero attached hydrogens (tertiary/aromatic N) is 2. The van der Waals surface area contributed by atoms with Gasteiger partial charge < -0.3 is 0 Å². The lowest BCUT2D eigenvalue weighted by Crippen LogP contribution is -1.97. The Balaban J connectivity index is 2.35. The van der Waals surface area contributed by atoms with Crippen LogP contribution in [0.3, 0.4) is 0 Å². The highest BCUT2D eigenvalue weighted by atomic mass is 35.5. The number of fused-ring (bicyclic) bond motifs is 1. The molecule has 0 aliphatic rings. The summed E-state index contributed by atoms with van der Waals surface area (Å²) in [6.45, 7) is 5.44. The van der Waals surface area contributed by atoms with E-state index in [1.807, 2.05) is 0 Å². The number of benzene rings is 1. The maximum atomic E-state index is 13.9. The molecular weight excluding hydrogens is 306 g/mol. The molecule has 5 heteroatoms. The van der Waals surface area contributed by atoms with Gasteiger partial charge in [0.25, 0.3) is 0 Å². The fraction of sp³-hybridized carbons (Fsp3) is 0.0588. The molecular formula is C17H11ClF2N2. The number of aromatic nitrogens is 2. The molecule has 2 heterocycles. The van der Waals surface area contributed by atoms with Crippen molar-refractivity contribution in [1.29, 1.82) is 0 Å². The van der Waals surface area contributed by atoms with E-state index >= 15 is 0 Å². The molecule has 0 N–H and O–H groups in total. The van der Waals surface area contributed by atoms with E-state index in [4.69, 9.17) is 11.6 Å². The zero-order valence-corrected chi connectivity index (χ0v) is 12.5. The van der Waals surface area contributed by atoms with Crippen molar-refractivity contribution in [3.05, 3.63) is 64.8 Å². The van der Waals surface area contributed by atoms with Crippen LogP contribution in [0.2, 0.25) is 5.02 Å². The van der Waals surface area contributed by atoms with Crippen molar-refractivity contribution in [2.24, 2.45) is 0 Å². The second-order valence-corrected chi connectivity index (χ2v) is 5.24. The van der Waals surface area contributed by atoms with E-state index < -0.39 is 11.6 Å². The van der Waals surface area contributed by atoms with E-state index in [9.17, 15) is 8.78 Å². The third-order valence-electron chi connectivity index (χ3n) is 3.43. The van der Waals surface area contributed by atoms with E-state index in [1.165, 1.54) is 0 Å². The van der Waals surface area contributed by atoms with Gasteiger partial charge in [-0.15, -0.1) is 0 Å². The SMILES string of the molecule is C=Cc1ccnc(-c2nc3cc(F)cc(F)c3c(Cl)c2C)c1. The van der Waals surface area contributed by atoms with Crippen LogP contribution in [-0.4, -0.2) is 9.97 Å². The summed E-state index contributed by atoms with van der Waals surface area (Å²) in [5.74, 6) is -1.42. The number of hydrogen-bond donors (Lipinski definition) is 0. The fourth-order valence-corrected chi connectivity index (χ4v) is 2.59. The van der Waals surface area contributed by atoms with Gasteiger partial charge in [0.05, 0.1) is 27.3 Å². The Kier molecular flexibility index (Phi) is 3.62. The highest BCUT2D eigenvalue weighted by Gasteiger charge is 2.16. The van der Waals surface area contributed by atoms with E-state index in [-0.39, 0.29) is 15.9 Å². The molecule has 0 atom stereocenters. The number of hydrogen-bond acceptors (Lipinski definition) is 2. The molecule has 22 heavy (non-hydrogen) atoms. The topological polar surface area (TPSA) is 25.8 Å². The molecule has 0 bridgehead atoms. The summed E-state index contributed by atoms with van der Waals surface area (Å²) in [4.78, 5) is 8.60. The molecule has 2 nitrogen and oxygen atoms in total. The van der Waals surface area contributed by atoms with E-state index in [0.29, 0.717) is 17.0 Å². The maximum Gasteiger partial charge on any atom is 0.137 e. The van der Waals surface area contributed by atoms with Crippen molar-refractivity contribution >= 4 is 28.6 Å². The van der Waals surface area contributed by atoms with Crippen molar-refractivity contribution in [3.63, 3.8) is 0 Å². The smallest absolute Gasteiger partial charge is 0.137 e. The second kappa shape index (κ2) is 5.46. The molecule has 0 fully saturated rings. The van der Waals surface area contributed by atoms with Crippen LogP contribution in [-0.2, 0) is 0 Å². The van der Waals surface area contributed by atoms with Gasteiger partial charge in [-0.3, -0.25) is 4.98 Å². The number of halogens is 3. The zero-order valence-electron chi connectivity index (χ0n) is 11.7. The van der Waals surface area contributed by atoms with Gasteiger partial charge in [-0.1, -0.05) is 24.3 Å². The Morgan fingerprint density at radius 1 is 1.23 bits per heavy atom. The summed E-state index contributed by atoms with van der Waals surface area (Å²) >= 11 is 6.26. The van der Waals surface area contributed by atoms with Crippen LogP contribution < -0.4 is 0 Å². The van der Waals surface area contributed by atoms with Gasteiger partial charge in [-0.25, -0.2) is 13.8 Å². The zero-order chi connectivity index (χ0) is 15.9. The van der Waals surface area contributed by atoms with Gasteiger partial charge in [-0.05, 0) is 30.2 Å². The quantitative estimate of drug-likeness (QED) is 0.651. The van der Waals surface area contributed by atoms with Crippen LogP contribution in [0.15, 0.2) is 37.0 Å². The average molecular weight is 317 g/mol. The minimum Gasteiger partial charge on any atom is -0.255 e. The van der Waals surface area contributed by atoms with Gasteiger partial charge in [-0.2, -0.15) is 0 Å². The van der Waals surface area contributed by atoms with Gasteiger partial charge in [0.15, 0.2) is 0 Å². The first-order chi connectivity index (χ1) is 10.5. The first-order valence-corrected chi connectivity index (χ1v) is 6.92. The molecule has 1 aromatic carbocycles. The largest absolute Gasteiger partial charge is 0.255 e. The van der Waals surface area contributed by atoms with Gasteiger partial charge in [0.1, 0.15) is 11.6 Å². The summed E-state index contributed by atoms with van der Waals surface area (Å²) in [6.07, 6.45) is 3.31. The predicted molar refractivity (Wildman–Crippen MR) is 84.7 cm³/mol. The monoisotopic (exact) mass is 316 g/mol. The maximum absolute atomic E-state index is 13.9. The van der Waals surface area contributed by atoms with E-state index in [2.05, 4.69) is 16.5 Å². The Labute approximate surface area is 131 Å². The number of rotatable bonds is 2. The summed E-state index contributed by atoms with van der Waals surface area (Å²) in [7, 11) is 0. The molecule has 2 aromatic heterocycles. The Morgan fingerprint density at radius 3 is 2.73 bits per heavy atom. The van der Waals surface area contributed by atoms with Crippen LogP contribution in [0.5, 0.6) is 0 Å². The minimum atomic E-state index is -0.727. The molecule has 0 aliphatic carbocycles. The van der Waals surface area contributed by atoms with Crippen LogP contribution in [0.25, 0.3) is 28.4 Å². The molecule has 3 aromatic rings. The van der Waals surface area contributed by atoms with Gasteiger partial charge >= 0.3 is 0 Å². The molecule has 110 valence electrons. The van der Waals surface area contributed by atoms with Crippen LogP contribution in [0.4, 0.5) is 8.78 Å².